The lowest BCUT2D eigenvalue weighted by Gasteiger charge is -2.13. The summed E-state index contributed by atoms with van der Waals surface area (Å²) >= 11 is 0. The molecular weight excluding hydrogens is 273 g/mol. The second-order valence-corrected chi connectivity index (χ2v) is 4.97. The van der Waals surface area contributed by atoms with Crippen LogP contribution in [0.4, 0.5) is 13.2 Å². The van der Waals surface area contributed by atoms with Gasteiger partial charge in [-0.05, 0) is 30.2 Å². The molecule has 0 fully saturated rings. The van der Waals surface area contributed by atoms with Crippen molar-refractivity contribution in [3.05, 3.63) is 29.3 Å². The maximum atomic E-state index is 11.9. The third-order valence-electron chi connectivity index (χ3n) is 3.11. The van der Waals surface area contributed by atoms with Crippen molar-refractivity contribution in [2.24, 2.45) is 0 Å². The Kier molecular flexibility index (Phi) is 4.55. The van der Waals surface area contributed by atoms with E-state index in [9.17, 15) is 18.3 Å². The minimum atomic E-state index is -4.33. The van der Waals surface area contributed by atoms with Crippen LogP contribution in [0, 0.1) is 0 Å². The third-order valence-corrected chi connectivity index (χ3v) is 3.11. The maximum Gasteiger partial charge on any atom is 0.411 e. The van der Waals surface area contributed by atoms with Crippen molar-refractivity contribution in [1.82, 2.24) is 0 Å². The molecule has 0 aromatic heterocycles. The number of aliphatic hydroxyl groups is 1. The highest BCUT2D eigenvalue weighted by atomic mass is 19.4. The van der Waals surface area contributed by atoms with Gasteiger partial charge in [0.25, 0.3) is 0 Å². The Balaban J connectivity index is 1.84. The number of benzene rings is 1. The maximum absolute atomic E-state index is 11.9. The first-order valence-corrected chi connectivity index (χ1v) is 6.47. The molecule has 0 saturated heterocycles. The Morgan fingerprint density at radius 1 is 1.45 bits per heavy atom. The summed E-state index contributed by atoms with van der Waals surface area (Å²) in [4.78, 5) is 0. The van der Waals surface area contributed by atoms with Gasteiger partial charge in [0.15, 0.2) is 0 Å². The number of hydrogen-bond donors (Lipinski definition) is 1. The van der Waals surface area contributed by atoms with E-state index in [0.717, 1.165) is 17.7 Å². The van der Waals surface area contributed by atoms with E-state index in [1.165, 1.54) is 0 Å². The van der Waals surface area contributed by atoms with E-state index in [0.29, 0.717) is 5.56 Å². The van der Waals surface area contributed by atoms with Crippen LogP contribution >= 0.6 is 0 Å². The van der Waals surface area contributed by atoms with Gasteiger partial charge in [-0.1, -0.05) is 6.07 Å². The third kappa shape index (κ3) is 4.11. The second kappa shape index (κ2) is 6.01. The Labute approximate surface area is 115 Å². The number of ether oxygens (including phenoxy) is 2. The van der Waals surface area contributed by atoms with Crippen molar-refractivity contribution in [3.8, 4) is 5.75 Å². The molecule has 1 aromatic rings. The molecule has 20 heavy (non-hydrogen) atoms. The number of fused-ring (bicyclic) bond motifs is 1. The van der Waals surface area contributed by atoms with Crippen LogP contribution in [-0.2, 0) is 11.2 Å². The number of rotatable bonds is 5. The summed E-state index contributed by atoms with van der Waals surface area (Å²) < 4.78 is 45.7. The molecule has 1 aliphatic heterocycles. The zero-order valence-electron chi connectivity index (χ0n) is 11.1. The fraction of sp³-hybridized carbons (Fsp3) is 0.571. The van der Waals surface area contributed by atoms with Gasteiger partial charge in [-0.15, -0.1) is 0 Å². The highest BCUT2D eigenvalue weighted by Crippen LogP contribution is 2.31. The predicted molar refractivity (Wildman–Crippen MR) is 66.7 cm³/mol. The molecule has 1 N–H and O–H groups in total. The van der Waals surface area contributed by atoms with E-state index >= 15 is 0 Å². The van der Waals surface area contributed by atoms with Crippen molar-refractivity contribution >= 4 is 0 Å². The molecule has 0 amide bonds. The Hall–Kier alpha value is -1.27. The van der Waals surface area contributed by atoms with E-state index in [4.69, 9.17) is 4.74 Å². The van der Waals surface area contributed by atoms with Gasteiger partial charge in [0, 0.05) is 19.4 Å². The topological polar surface area (TPSA) is 38.7 Å². The summed E-state index contributed by atoms with van der Waals surface area (Å²) in [5, 5.41) is 9.95. The standard InChI is InChI=1S/C14H17F3O3/c1-9-6-11-7-10(2-3-13(11)20-9)12(18)4-5-19-8-14(15,16)17/h2-3,7,9,12,18H,4-6,8H2,1H3. The molecule has 0 spiro atoms. The van der Waals surface area contributed by atoms with E-state index in [1.807, 2.05) is 13.0 Å². The zero-order valence-corrected chi connectivity index (χ0v) is 11.1. The van der Waals surface area contributed by atoms with Crippen molar-refractivity contribution in [1.29, 1.82) is 0 Å². The van der Waals surface area contributed by atoms with E-state index < -0.39 is 18.9 Å². The predicted octanol–water partition coefficient (Wildman–Crippen LogP) is 3.01. The van der Waals surface area contributed by atoms with Gasteiger partial charge in [-0.25, -0.2) is 0 Å². The molecule has 2 atom stereocenters. The summed E-state index contributed by atoms with van der Waals surface area (Å²) in [7, 11) is 0. The van der Waals surface area contributed by atoms with Gasteiger partial charge in [0.05, 0.1) is 6.10 Å². The van der Waals surface area contributed by atoms with Crippen LogP contribution < -0.4 is 4.74 Å². The average molecular weight is 290 g/mol. The first-order chi connectivity index (χ1) is 9.35. The first-order valence-electron chi connectivity index (χ1n) is 6.47. The molecule has 0 saturated carbocycles. The van der Waals surface area contributed by atoms with Crippen molar-refractivity contribution in [3.63, 3.8) is 0 Å². The Bertz CT molecular complexity index is 459. The van der Waals surface area contributed by atoms with Crippen LogP contribution in [-0.4, -0.2) is 30.6 Å². The Morgan fingerprint density at radius 3 is 2.90 bits per heavy atom. The smallest absolute Gasteiger partial charge is 0.411 e. The lowest BCUT2D eigenvalue weighted by molar-refractivity contribution is -0.175. The largest absolute Gasteiger partial charge is 0.490 e. The monoisotopic (exact) mass is 290 g/mol. The number of alkyl halides is 3. The fourth-order valence-corrected chi connectivity index (χ4v) is 2.20. The zero-order chi connectivity index (χ0) is 14.8. The summed E-state index contributed by atoms with van der Waals surface area (Å²) in [5.74, 6) is 0.807. The van der Waals surface area contributed by atoms with Gasteiger partial charge >= 0.3 is 6.18 Å². The number of aliphatic hydroxyl groups excluding tert-OH is 1. The molecule has 0 radical (unpaired) electrons. The molecule has 112 valence electrons. The first kappa shape index (κ1) is 15.1. The number of halogens is 3. The van der Waals surface area contributed by atoms with Gasteiger partial charge in [-0.3, -0.25) is 0 Å². The SMILES string of the molecule is CC1Cc2cc(C(O)CCOCC(F)(F)F)ccc2O1. The molecule has 6 heteroatoms. The fourth-order valence-electron chi connectivity index (χ4n) is 2.20. The molecule has 2 rings (SSSR count). The average Bonchev–Trinajstić information content (AvgIpc) is 2.72. The molecule has 1 aliphatic rings. The van der Waals surface area contributed by atoms with Gasteiger partial charge in [0.2, 0.25) is 0 Å². The second-order valence-electron chi connectivity index (χ2n) is 4.97. The van der Waals surface area contributed by atoms with Gasteiger partial charge < -0.3 is 14.6 Å². The van der Waals surface area contributed by atoms with Crippen molar-refractivity contribution in [2.45, 2.75) is 38.1 Å². The minimum Gasteiger partial charge on any atom is -0.490 e. The van der Waals surface area contributed by atoms with Gasteiger partial charge in [-0.2, -0.15) is 13.2 Å². The highest BCUT2D eigenvalue weighted by Gasteiger charge is 2.27. The van der Waals surface area contributed by atoms with E-state index in [2.05, 4.69) is 4.74 Å². The number of hydrogen-bond acceptors (Lipinski definition) is 3. The molecule has 2 unspecified atom stereocenters. The van der Waals surface area contributed by atoms with Crippen LogP contribution in [0.15, 0.2) is 18.2 Å². The van der Waals surface area contributed by atoms with Gasteiger partial charge in [0.1, 0.15) is 18.5 Å². The highest BCUT2D eigenvalue weighted by molar-refractivity contribution is 5.41. The molecule has 1 heterocycles. The lowest BCUT2D eigenvalue weighted by Crippen LogP contribution is -2.18. The summed E-state index contributed by atoms with van der Waals surface area (Å²) in [6.45, 7) is 0.543. The molecule has 0 bridgehead atoms. The molecule has 0 aliphatic carbocycles. The minimum absolute atomic E-state index is 0.118. The van der Waals surface area contributed by atoms with Crippen molar-refractivity contribution in [2.75, 3.05) is 13.2 Å². The molecule has 1 aromatic carbocycles. The van der Waals surface area contributed by atoms with Crippen LogP contribution in [0.2, 0.25) is 0 Å². The normalized spacial score (nSPS) is 19.6. The molecular formula is C14H17F3O3. The van der Waals surface area contributed by atoms with Crippen molar-refractivity contribution < 1.29 is 27.8 Å². The van der Waals surface area contributed by atoms with E-state index in [1.54, 1.807) is 12.1 Å². The lowest BCUT2D eigenvalue weighted by atomic mass is 10.0. The van der Waals surface area contributed by atoms with Crippen LogP contribution in [0.3, 0.4) is 0 Å². The summed E-state index contributed by atoms with van der Waals surface area (Å²) in [5.41, 5.74) is 1.70. The summed E-state index contributed by atoms with van der Waals surface area (Å²) in [6, 6.07) is 5.35. The summed E-state index contributed by atoms with van der Waals surface area (Å²) in [6.07, 6.45) is -4.13. The Morgan fingerprint density at radius 2 is 2.20 bits per heavy atom. The molecule has 3 nitrogen and oxygen atoms in total. The van der Waals surface area contributed by atoms with E-state index in [-0.39, 0.29) is 19.1 Å². The quantitative estimate of drug-likeness (QED) is 0.847. The van der Waals surface area contributed by atoms with Crippen LogP contribution in [0.1, 0.15) is 30.6 Å². The van der Waals surface area contributed by atoms with Crippen LogP contribution in [0.5, 0.6) is 5.75 Å². The van der Waals surface area contributed by atoms with Crippen LogP contribution in [0.25, 0.3) is 0 Å².